The van der Waals surface area contributed by atoms with Gasteiger partial charge in [-0.15, -0.1) is 11.3 Å². The molecule has 0 fully saturated rings. The quantitative estimate of drug-likeness (QED) is 0.309. The lowest BCUT2D eigenvalue weighted by Crippen LogP contribution is -2.30. The standard InChI is InChI=1S/C21H23N3O3S3/c1-5-30(26,27)24-9-8-15-10-16(6-7-17(15)24)18(25)11-28-20-19-12(2)13(3)29-21(19)23-14(4)22-20/h6-7,10H,5,8-9,11H2,1-4H3. The van der Waals surface area contributed by atoms with E-state index in [1.54, 1.807) is 30.4 Å². The van der Waals surface area contributed by atoms with Crippen LogP contribution in [0.15, 0.2) is 23.2 Å². The minimum Gasteiger partial charge on any atom is -0.293 e. The van der Waals surface area contributed by atoms with Crippen LogP contribution in [0.3, 0.4) is 0 Å². The summed E-state index contributed by atoms with van der Waals surface area (Å²) >= 11 is 3.09. The zero-order valence-corrected chi connectivity index (χ0v) is 19.8. The Kier molecular flexibility index (Phi) is 5.63. The summed E-state index contributed by atoms with van der Waals surface area (Å²) in [6, 6.07) is 5.32. The molecule has 3 aromatic rings. The minimum atomic E-state index is -3.29. The largest absolute Gasteiger partial charge is 0.293 e. The van der Waals surface area contributed by atoms with Crippen molar-refractivity contribution in [2.24, 2.45) is 0 Å². The molecule has 3 heterocycles. The first-order chi connectivity index (χ1) is 14.2. The third-order valence-corrected chi connectivity index (χ3v) is 9.26. The number of nitrogens with zero attached hydrogens (tertiary/aromatic N) is 3. The summed E-state index contributed by atoms with van der Waals surface area (Å²) in [5.41, 5.74) is 3.38. The Bertz CT molecular complexity index is 1270. The average molecular weight is 462 g/mol. The second kappa shape index (κ2) is 7.94. The first-order valence-corrected chi connectivity index (χ1v) is 13.2. The molecule has 0 unspecified atom stereocenters. The Hall–Kier alpha value is -1.97. The van der Waals surface area contributed by atoms with Gasteiger partial charge in [0.2, 0.25) is 10.0 Å². The Labute approximate surface area is 184 Å². The fourth-order valence-electron chi connectivity index (χ4n) is 3.63. The number of carbonyl (C=O) groups excluding carboxylic acids is 1. The van der Waals surface area contributed by atoms with E-state index in [0.717, 1.165) is 20.8 Å². The van der Waals surface area contributed by atoms with Crippen LogP contribution in [0.5, 0.6) is 0 Å². The zero-order chi connectivity index (χ0) is 21.6. The van der Waals surface area contributed by atoms with Gasteiger partial charge in [0.1, 0.15) is 15.7 Å². The number of sulfonamides is 1. The van der Waals surface area contributed by atoms with Crippen molar-refractivity contribution in [1.82, 2.24) is 9.97 Å². The highest BCUT2D eigenvalue weighted by Gasteiger charge is 2.28. The van der Waals surface area contributed by atoms with E-state index in [-0.39, 0.29) is 17.3 Å². The SMILES string of the molecule is CCS(=O)(=O)N1CCc2cc(C(=O)CSc3nc(C)nc4sc(C)c(C)c34)ccc21. The van der Waals surface area contributed by atoms with E-state index in [9.17, 15) is 13.2 Å². The molecule has 0 radical (unpaired) electrons. The van der Waals surface area contributed by atoms with Gasteiger partial charge in [-0.2, -0.15) is 0 Å². The molecule has 30 heavy (non-hydrogen) atoms. The van der Waals surface area contributed by atoms with Crippen molar-refractivity contribution in [3.8, 4) is 0 Å². The van der Waals surface area contributed by atoms with E-state index in [0.29, 0.717) is 30.0 Å². The first-order valence-electron chi connectivity index (χ1n) is 9.75. The molecule has 2 aromatic heterocycles. The molecule has 158 valence electrons. The number of benzene rings is 1. The number of hydrogen-bond acceptors (Lipinski definition) is 7. The molecule has 0 saturated heterocycles. The number of aromatic nitrogens is 2. The summed E-state index contributed by atoms with van der Waals surface area (Å²) in [6.45, 7) is 8.09. The van der Waals surface area contributed by atoms with Crippen LogP contribution in [0, 0.1) is 20.8 Å². The fourth-order valence-corrected chi connectivity index (χ4v) is 6.95. The van der Waals surface area contributed by atoms with E-state index in [2.05, 4.69) is 23.8 Å². The summed E-state index contributed by atoms with van der Waals surface area (Å²) in [4.78, 5) is 24.2. The van der Waals surface area contributed by atoms with E-state index < -0.39 is 10.0 Å². The summed E-state index contributed by atoms with van der Waals surface area (Å²) in [7, 11) is -3.29. The van der Waals surface area contributed by atoms with Crippen LogP contribution in [-0.2, 0) is 16.4 Å². The maximum Gasteiger partial charge on any atom is 0.234 e. The van der Waals surface area contributed by atoms with E-state index in [1.165, 1.54) is 26.5 Å². The smallest absolute Gasteiger partial charge is 0.234 e. The summed E-state index contributed by atoms with van der Waals surface area (Å²) < 4.78 is 26.0. The average Bonchev–Trinajstić information content (AvgIpc) is 3.26. The number of aryl methyl sites for hydroxylation is 3. The van der Waals surface area contributed by atoms with Crippen LogP contribution < -0.4 is 4.31 Å². The van der Waals surface area contributed by atoms with Crippen LogP contribution in [0.4, 0.5) is 5.69 Å². The minimum absolute atomic E-state index is 0.00798. The molecule has 1 aliphatic heterocycles. The second-order valence-corrected chi connectivity index (χ2v) is 11.7. The molecule has 0 aliphatic carbocycles. The third kappa shape index (κ3) is 3.74. The lowest BCUT2D eigenvalue weighted by Gasteiger charge is -2.18. The number of hydrogen-bond donors (Lipinski definition) is 0. The first kappa shape index (κ1) is 21.3. The van der Waals surface area contributed by atoms with Crippen molar-refractivity contribution in [3.05, 3.63) is 45.6 Å². The lowest BCUT2D eigenvalue weighted by atomic mass is 10.1. The van der Waals surface area contributed by atoms with Crippen LogP contribution in [-0.4, -0.2) is 42.2 Å². The predicted molar refractivity (Wildman–Crippen MR) is 124 cm³/mol. The molecule has 0 bridgehead atoms. The molecule has 9 heteroatoms. The molecule has 1 aromatic carbocycles. The molecule has 0 atom stereocenters. The van der Waals surface area contributed by atoms with Crippen molar-refractivity contribution in [1.29, 1.82) is 0 Å². The molecule has 1 aliphatic rings. The molecule has 0 saturated carbocycles. The van der Waals surface area contributed by atoms with E-state index in [4.69, 9.17) is 0 Å². The maximum atomic E-state index is 12.9. The van der Waals surface area contributed by atoms with Crippen LogP contribution in [0.2, 0.25) is 0 Å². The summed E-state index contributed by atoms with van der Waals surface area (Å²) in [5, 5.41) is 1.88. The molecular weight excluding hydrogens is 438 g/mol. The van der Waals surface area contributed by atoms with Gasteiger partial charge >= 0.3 is 0 Å². The number of thiophene rings is 1. The van der Waals surface area contributed by atoms with Crippen molar-refractivity contribution in [3.63, 3.8) is 0 Å². The zero-order valence-electron chi connectivity index (χ0n) is 17.4. The molecule has 0 N–H and O–H groups in total. The summed E-state index contributed by atoms with van der Waals surface area (Å²) in [5.74, 6) is 1.05. The van der Waals surface area contributed by atoms with Crippen LogP contribution >= 0.6 is 23.1 Å². The molecule has 0 amide bonds. The number of rotatable bonds is 6. The number of thioether (sulfide) groups is 1. The molecule has 6 nitrogen and oxygen atoms in total. The van der Waals surface area contributed by atoms with Crippen LogP contribution in [0.1, 0.15) is 39.1 Å². The highest BCUT2D eigenvalue weighted by Crippen LogP contribution is 2.36. The molecular formula is C21H23N3O3S3. The van der Waals surface area contributed by atoms with Crippen LogP contribution in [0.25, 0.3) is 10.2 Å². The number of ketones is 1. The predicted octanol–water partition coefficient (Wildman–Crippen LogP) is 4.30. The van der Waals surface area contributed by atoms with E-state index >= 15 is 0 Å². The summed E-state index contributed by atoms with van der Waals surface area (Å²) in [6.07, 6.45) is 0.627. The van der Waals surface area contributed by atoms with Gasteiger partial charge in [-0.3, -0.25) is 9.10 Å². The molecule has 4 rings (SSSR count). The second-order valence-electron chi connectivity index (χ2n) is 7.32. The lowest BCUT2D eigenvalue weighted by molar-refractivity contribution is 0.102. The Morgan fingerprint density at radius 2 is 2.00 bits per heavy atom. The highest BCUT2D eigenvalue weighted by molar-refractivity contribution is 8.00. The maximum absolute atomic E-state index is 12.9. The Morgan fingerprint density at radius 1 is 1.23 bits per heavy atom. The monoisotopic (exact) mass is 461 g/mol. The highest BCUT2D eigenvalue weighted by atomic mass is 32.2. The van der Waals surface area contributed by atoms with Crippen molar-refractivity contribution < 1.29 is 13.2 Å². The van der Waals surface area contributed by atoms with Gasteiger partial charge in [0.15, 0.2) is 5.78 Å². The van der Waals surface area contributed by atoms with Gasteiger partial charge in [-0.1, -0.05) is 11.8 Å². The number of carbonyl (C=O) groups is 1. The van der Waals surface area contributed by atoms with Crippen molar-refractivity contribution >= 4 is 54.8 Å². The van der Waals surface area contributed by atoms with Gasteiger partial charge < -0.3 is 0 Å². The Balaban J connectivity index is 1.56. The van der Waals surface area contributed by atoms with E-state index in [1.807, 2.05) is 13.0 Å². The number of Topliss-reactive ketones (excluding diaryl/α,β-unsaturated/α-hetero) is 1. The Morgan fingerprint density at radius 3 is 2.73 bits per heavy atom. The van der Waals surface area contributed by atoms with Gasteiger partial charge in [-0.05, 0) is 63.4 Å². The van der Waals surface area contributed by atoms with Crippen molar-refractivity contribution in [2.75, 3.05) is 22.4 Å². The van der Waals surface area contributed by atoms with Crippen molar-refractivity contribution in [2.45, 2.75) is 39.1 Å². The van der Waals surface area contributed by atoms with Gasteiger partial charge in [0.05, 0.1) is 17.2 Å². The van der Waals surface area contributed by atoms with Gasteiger partial charge in [0.25, 0.3) is 0 Å². The van der Waals surface area contributed by atoms with Gasteiger partial charge in [0, 0.05) is 22.4 Å². The number of fused-ring (bicyclic) bond motifs is 2. The fraction of sp³-hybridized carbons (Fsp3) is 0.381. The third-order valence-electron chi connectivity index (χ3n) is 5.40. The normalized spacial score (nSPS) is 13.8. The number of anilines is 1. The molecule has 0 spiro atoms. The topological polar surface area (TPSA) is 80.2 Å². The van der Waals surface area contributed by atoms with Gasteiger partial charge in [-0.25, -0.2) is 18.4 Å².